The van der Waals surface area contributed by atoms with E-state index in [4.69, 9.17) is 5.73 Å². The second-order valence-electron chi connectivity index (χ2n) is 5.81. The maximum Gasteiger partial charge on any atom is 0.252 e. The van der Waals surface area contributed by atoms with Crippen molar-refractivity contribution in [2.24, 2.45) is 5.73 Å². The molecule has 24 heavy (non-hydrogen) atoms. The van der Waals surface area contributed by atoms with E-state index >= 15 is 0 Å². The molecule has 0 spiro atoms. The number of carbonyl (C=O) groups excluding carboxylic acids is 1. The average molecular weight is 408 g/mol. The smallest absolute Gasteiger partial charge is 0.252 e. The minimum atomic E-state index is -0.421. The number of hydrogen-bond acceptors (Lipinski definition) is 5. The van der Waals surface area contributed by atoms with Crippen LogP contribution in [-0.4, -0.2) is 23.0 Å². The Balaban J connectivity index is 0.00000264. The summed E-state index contributed by atoms with van der Waals surface area (Å²) in [5.41, 5.74) is 7.22. The van der Waals surface area contributed by atoms with Crippen LogP contribution in [0.25, 0.3) is 0 Å². The van der Waals surface area contributed by atoms with Crippen LogP contribution < -0.4 is 11.1 Å². The molecule has 0 radical (unpaired) electrons. The number of carbonyl (C=O) groups is 1. The molecular formula is C16H23Cl2N3OS2. The number of aromatic nitrogens is 1. The molecule has 134 valence electrons. The molecule has 1 aromatic carbocycles. The fraction of sp³-hybridized carbons (Fsp3) is 0.375. The van der Waals surface area contributed by atoms with Crippen molar-refractivity contribution in [3.05, 3.63) is 45.9 Å². The van der Waals surface area contributed by atoms with Crippen LogP contribution in [0.5, 0.6) is 0 Å². The second-order valence-corrected chi connectivity index (χ2v) is 7.89. The van der Waals surface area contributed by atoms with E-state index in [2.05, 4.69) is 15.7 Å². The number of nitrogens with zero attached hydrogens (tertiary/aromatic N) is 1. The van der Waals surface area contributed by atoms with Crippen molar-refractivity contribution in [3.8, 4) is 0 Å². The van der Waals surface area contributed by atoms with E-state index in [1.807, 2.05) is 45.0 Å². The van der Waals surface area contributed by atoms with Gasteiger partial charge in [0.25, 0.3) is 5.91 Å². The Morgan fingerprint density at radius 1 is 1.33 bits per heavy atom. The first kappa shape index (κ1) is 23.2. The average Bonchev–Trinajstić information content (AvgIpc) is 2.88. The highest BCUT2D eigenvalue weighted by Gasteiger charge is 2.16. The number of thiazole rings is 1. The van der Waals surface area contributed by atoms with E-state index in [0.717, 1.165) is 21.3 Å². The number of halogens is 2. The minimum absolute atomic E-state index is 0. The Bertz CT molecular complexity index is 657. The molecule has 0 aliphatic heterocycles. The Morgan fingerprint density at radius 3 is 2.58 bits per heavy atom. The molecule has 4 nitrogen and oxygen atoms in total. The van der Waals surface area contributed by atoms with Crippen LogP contribution in [0.1, 0.15) is 34.9 Å². The van der Waals surface area contributed by atoms with Gasteiger partial charge in [0.05, 0.1) is 16.3 Å². The zero-order valence-electron chi connectivity index (χ0n) is 13.9. The number of hydrogen-bond donors (Lipinski definition) is 2. The topological polar surface area (TPSA) is 68.0 Å². The molecule has 0 bridgehead atoms. The van der Waals surface area contributed by atoms with Crippen molar-refractivity contribution in [1.82, 2.24) is 10.3 Å². The predicted molar refractivity (Wildman–Crippen MR) is 108 cm³/mol. The third kappa shape index (κ3) is 7.40. The van der Waals surface area contributed by atoms with Gasteiger partial charge in [-0.25, -0.2) is 4.98 Å². The summed E-state index contributed by atoms with van der Waals surface area (Å²) in [6.07, 6.45) is 0. The molecule has 0 unspecified atom stereocenters. The van der Waals surface area contributed by atoms with E-state index in [0.29, 0.717) is 12.1 Å². The molecular weight excluding hydrogens is 385 g/mol. The maximum atomic E-state index is 12.3. The van der Waals surface area contributed by atoms with E-state index in [1.165, 1.54) is 0 Å². The van der Waals surface area contributed by atoms with Crippen LogP contribution in [0.4, 0.5) is 0 Å². The Labute approximate surface area is 163 Å². The molecule has 8 heteroatoms. The number of benzene rings is 1. The minimum Gasteiger partial charge on any atom is -0.350 e. The third-order valence-electron chi connectivity index (χ3n) is 2.88. The molecule has 2 aromatic rings. The number of aryl methyl sites for hydroxylation is 1. The summed E-state index contributed by atoms with van der Waals surface area (Å²) >= 11 is 3.27. The molecule has 3 N–H and O–H groups in total. The first-order valence-corrected chi connectivity index (χ1v) is 8.91. The fourth-order valence-electron chi connectivity index (χ4n) is 1.81. The van der Waals surface area contributed by atoms with Crippen molar-refractivity contribution in [2.75, 3.05) is 6.54 Å². The number of amides is 1. The lowest BCUT2D eigenvalue weighted by atomic mass is 10.1. The van der Waals surface area contributed by atoms with Gasteiger partial charge in [-0.3, -0.25) is 4.79 Å². The molecule has 2 rings (SSSR count). The summed E-state index contributed by atoms with van der Waals surface area (Å²) in [6.45, 7) is 6.21. The summed E-state index contributed by atoms with van der Waals surface area (Å²) < 4.78 is 0. The molecule has 1 aromatic heterocycles. The molecule has 1 heterocycles. The van der Waals surface area contributed by atoms with Gasteiger partial charge in [-0.15, -0.1) is 47.9 Å². The van der Waals surface area contributed by atoms with E-state index in [1.54, 1.807) is 23.1 Å². The van der Waals surface area contributed by atoms with Crippen LogP contribution in [0, 0.1) is 6.92 Å². The van der Waals surface area contributed by atoms with Gasteiger partial charge in [-0.2, -0.15) is 0 Å². The van der Waals surface area contributed by atoms with Gasteiger partial charge >= 0.3 is 0 Å². The highest BCUT2D eigenvalue weighted by Crippen LogP contribution is 2.26. The summed E-state index contributed by atoms with van der Waals surface area (Å²) in [5.74, 6) is 0.674. The maximum absolute atomic E-state index is 12.3. The van der Waals surface area contributed by atoms with Crippen molar-refractivity contribution < 1.29 is 4.79 Å². The number of nitrogens with one attached hydrogen (secondary N) is 1. The molecule has 0 saturated carbocycles. The van der Waals surface area contributed by atoms with Crippen molar-refractivity contribution in [2.45, 2.75) is 37.0 Å². The first-order valence-electron chi connectivity index (χ1n) is 7.05. The first-order chi connectivity index (χ1) is 10.3. The molecule has 0 atom stereocenters. The summed E-state index contributed by atoms with van der Waals surface area (Å²) in [5, 5.41) is 6.01. The number of nitrogens with two attached hydrogens (primary N) is 1. The van der Waals surface area contributed by atoms with Crippen molar-refractivity contribution in [3.63, 3.8) is 0 Å². The Kier molecular flexibility index (Phi) is 9.92. The third-order valence-corrected chi connectivity index (χ3v) is 4.81. The Hall–Kier alpha value is -0.790. The van der Waals surface area contributed by atoms with Gasteiger partial charge in [0.1, 0.15) is 0 Å². The molecule has 0 aliphatic rings. The van der Waals surface area contributed by atoms with Crippen LogP contribution in [0.15, 0.2) is 34.5 Å². The van der Waals surface area contributed by atoms with Gasteiger partial charge in [0.2, 0.25) is 0 Å². The van der Waals surface area contributed by atoms with E-state index in [9.17, 15) is 4.79 Å². The summed E-state index contributed by atoms with van der Waals surface area (Å²) in [4.78, 5) is 17.7. The second kappa shape index (κ2) is 10.3. The quantitative estimate of drug-likeness (QED) is 0.708. The van der Waals surface area contributed by atoms with Crippen LogP contribution in [0.2, 0.25) is 0 Å². The van der Waals surface area contributed by atoms with Crippen molar-refractivity contribution in [1.29, 1.82) is 0 Å². The molecule has 1 amide bonds. The number of thioether (sulfide) groups is 1. The predicted octanol–water partition coefficient (Wildman–Crippen LogP) is 4.05. The van der Waals surface area contributed by atoms with Crippen LogP contribution >= 0.6 is 47.9 Å². The van der Waals surface area contributed by atoms with Crippen LogP contribution in [0.3, 0.4) is 0 Å². The lowest BCUT2D eigenvalue weighted by Gasteiger charge is -2.19. The zero-order chi connectivity index (χ0) is 16.2. The van der Waals surface area contributed by atoms with Crippen LogP contribution in [-0.2, 0) is 5.75 Å². The molecule has 0 aliphatic carbocycles. The zero-order valence-corrected chi connectivity index (χ0v) is 17.1. The molecule has 0 fully saturated rings. The SMILES string of the molecule is Cc1nc(CSc2ccccc2C(=O)NCC(C)(C)N)cs1.Cl.Cl. The highest BCUT2D eigenvalue weighted by molar-refractivity contribution is 7.98. The lowest BCUT2D eigenvalue weighted by molar-refractivity contribution is 0.0943. The normalized spacial score (nSPS) is 10.5. The van der Waals surface area contributed by atoms with Gasteiger partial charge in [0.15, 0.2) is 0 Å². The lowest BCUT2D eigenvalue weighted by Crippen LogP contribution is -2.45. The van der Waals surface area contributed by atoms with Gasteiger partial charge < -0.3 is 11.1 Å². The monoisotopic (exact) mass is 407 g/mol. The van der Waals surface area contributed by atoms with Gasteiger partial charge in [-0.1, -0.05) is 12.1 Å². The molecule has 0 saturated heterocycles. The van der Waals surface area contributed by atoms with E-state index in [-0.39, 0.29) is 30.7 Å². The summed E-state index contributed by atoms with van der Waals surface area (Å²) in [6, 6.07) is 7.62. The largest absolute Gasteiger partial charge is 0.350 e. The van der Waals surface area contributed by atoms with E-state index < -0.39 is 5.54 Å². The van der Waals surface area contributed by atoms with Crippen molar-refractivity contribution >= 4 is 53.8 Å². The fourth-order valence-corrected chi connectivity index (χ4v) is 3.47. The van der Waals surface area contributed by atoms with Gasteiger partial charge in [0, 0.05) is 28.1 Å². The number of rotatable bonds is 6. The Morgan fingerprint density at radius 2 is 2.00 bits per heavy atom. The summed E-state index contributed by atoms with van der Waals surface area (Å²) in [7, 11) is 0. The standard InChI is InChI=1S/C16H21N3OS2.2ClH/c1-11-19-12(8-21-11)9-22-14-7-5-4-6-13(14)15(20)18-10-16(2,3)17;;/h4-8H,9-10,17H2,1-3H3,(H,18,20);2*1H. The van der Waals surface area contributed by atoms with Gasteiger partial charge in [-0.05, 0) is 32.9 Å². The highest BCUT2D eigenvalue weighted by atomic mass is 35.5.